The van der Waals surface area contributed by atoms with Crippen LogP contribution in [-0.2, 0) is 6.42 Å². The van der Waals surface area contributed by atoms with E-state index in [0.29, 0.717) is 0 Å². The molecule has 1 aromatic heterocycles. The second-order valence-corrected chi connectivity index (χ2v) is 3.04. The Morgan fingerprint density at radius 1 is 1.33 bits per heavy atom. The van der Waals surface area contributed by atoms with E-state index in [-0.39, 0.29) is 0 Å². The smallest absolute Gasteiger partial charge is 0.0957 e. The van der Waals surface area contributed by atoms with Crippen molar-refractivity contribution in [1.82, 2.24) is 9.97 Å². The Balaban J connectivity index is 2.52. The second-order valence-electron chi connectivity index (χ2n) is 3.04. The van der Waals surface area contributed by atoms with E-state index in [0.717, 1.165) is 17.5 Å². The van der Waals surface area contributed by atoms with E-state index in [9.17, 15) is 0 Å². The van der Waals surface area contributed by atoms with Crippen LogP contribution in [0.2, 0.25) is 0 Å². The molecule has 1 N–H and O–H groups in total. The summed E-state index contributed by atoms with van der Waals surface area (Å²) in [6.07, 6.45) is 7.13. The molecule has 0 spiro atoms. The molecule has 1 heterocycles. The first kappa shape index (κ1) is 6.00. The number of nitrogens with one attached hydrogen (secondary N) is 1. The standard InChI is InChI=1S/C10H8N2/c1-2-7-4-5-9-10(8(7)3-1)12-6-11-9/h1,3-6H,2H2,(H,11,12). The van der Waals surface area contributed by atoms with Crippen molar-refractivity contribution in [3.05, 3.63) is 35.7 Å². The Morgan fingerprint density at radius 3 is 3.33 bits per heavy atom. The van der Waals surface area contributed by atoms with E-state index in [1.807, 2.05) is 0 Å². The first-order chi connectivity index (χ1) is 5.95. The zero-order valence-corrected chi connectivity index (χ0v) is 6.54. The van der Waals surface area contributed by atoms with Crippen LogP contribution in [-0.4, -0.2) is 9.97 Å². The molecule has 58 valence electrons. The molecule has 0 saturated heterocycles. The molecule has 0 aliphatic heterocycles. The van der Waals surface area contributed by atoms with Crippen LogP contribution >= 0.6 is 0 Å². The van der Waals surface area contributed by atoms with Gasteiger partial charge in [-0.05, 0) is 18.1 Å². The summed E-state index contributed by atoms with van der Waals surface area (Å²) in [4.78, 5) is 7.39. The van der Waals surface area contributed by atoms with Gasteiger partial charge in [0, 0.05) is 5.56 Å². The minimum Gasteiger partial charge on any atom is -0.345 e. The lowest BCUT2D eigenvalue weighted by Crippen LogP contribution is -1.82. The fraction of sp³-hybridized carbons (Fsp3) is 0.100. The molecule has 0 amide bonds. The Hall–Kier alpha value is -1.57. The summed E-state index contributed by atoms with van der Waals surface area (Å²) in [6, 6.07) is 4.25. The molecular weight excluding hydrogens is 148 g/mol. The van der Waals surface area contributed by atoms with Crippen LogP contribution in [0.4, 0.5) is 0 Å². The number of fused-ring (bicyclic) bond motifs is 3. The Bertz CT molecular complexity index is 466. The van der Waals surface area contributed by atoms with Crippen molar-refractivity contribution >= 4 is 17.1 Å². The predicted molar refractivity (Wildman–Crippen MR) is 48.8 cm³/mol. The van der Waals surface area contributed by atoms with Crippen LogP contribution in [0.25, 0.3) is 17.1 Å². The highest BCUT2D eigenvalue weighted by molar-refractivity contribution is 5.87. The summed E-state index contributed by atoms with van der Waals surface area (Å²) in [5.74, 6) is 0. The molecule has 2 aromatic rings. The zero-order valence-electron chi connectivity index (χ0n) is 6.54. The van der Waals surface area contributed by atoms with Gasteiger partial charge in [0.2, 0.25) is 0 Å². The van der Waals surface area contributed by atoms with E-state index < -0.39 is 0 Å². The van der Waals surface area contributed by atoms with Crippen LogP contribution in [0.3, 0.4) is 0 Å². The highest BCUT2D eigenvalue weighted by Crippen LogP contribution is 2.25. The fourth-order valence-corrected chi connectivity index (χ4v) is 1.74. The number of hydrogen-bond donors (Lipinski definition) is 1. The molecule has 0 bridgehead atoms. The molecule has 12 heavy (non-hydrogen) atoms. The summed E-state index contributed by atoms with van der Waals surface area (Å²) < 4.78 is 0. The quantitative estimate of drug-likeness (QED) is 0.622. The number of hydrogen-bond acceptors (Lipinski definition) is 1. The summed E-state index contributed by atoms with van der Waals surface area (Å²) in [6.45, 7) is 0. The number of H-pyrrole nitrogens is 1. The normalized spacial score (nSPS) is 14.0. The van der Waals surface area contributed by atoms with E-state index >= 15 is 0 Å². The van der Waals surface area contributed by atoms with E-state index in [4.69, 9.17) is 0 Å². The summed E-state index contributed by atoms with van der Waals surface area (Å²) in [5, 5.41) is 0. The van der Waals surface area contributed by atoms with Gasteiger partial charge in [0.1, 0.15) is 0 Å². The monoisotopic (exact) mass is 156 g/mol. The Morgan fingerprint density at radius 2 is 2.33 bits per heavy atom. The van der Waals surface area contributed by atoms with Crippen molar-refractivity contribution in [2.75, 3.05) is 0 Å². The van der Waals surface area contributed by atoms with Gasteiger partial charge in [-0.3, -0.25) is 0 Å². The molecule has 0 fully saturated rings. The Kier molecular flexibility index (Phi) is 0.987. The molecule has 1 aromatic carbocycles. The third-order valence-electron chi connectivity index (χ3n) is 2.34. The maximum Gasteiger partial charge on any atom is 0.0957 e. The highest BCUT2D eigenvalue weighted by atomic mass is 14.9. The molecule has 3 rings (SSSR count). The molecular formula is C10H8N2. The topological polar surface area (TPSA) is 28.7 Å². The van der Waals surface area contributed by atoms with Crippen molar-refractivity contribution < 1.29 is 0 Å². The second kappa shape index (κ2) is 1.97. The zero-order chi connectivity index (χ0) is 7.97. The number of aromatic nitrogens is 2. The highest BCUT2D eigenvalue weighted by Gasteiger charge is 2.09. The maximum absolute atomic E-state index is 4.28. The molecule has 2 nitrogen and oxygen atoms in total. The number of aromatic amines is 1. The van der Waals surface area contributed by atoms with Crippen molar-refractivity contribution in [2.45, 2.75) is 6.42 Å². The van der Waals surface area contributed by atoms with Gasteiger partial charge >= 0.3 is 0 Å². The fourth-order valence-electron chi connectivity index (χ4n) is 1.74. The minimum absolute atomic E-state index is 1.05. The first-order valence-corrected chi connectivity index (χ1v) is 4.06. The van der Waals surface area contributed by atoms with Gasteiger partial charge in [-0.1, -0.05) is 18.2 Å². The predicted octanol–water partition coefficient (Wildman–Crippen LogP) is 2.13. The molecule has 1 aliphatic carbocycles. The molecule has 1 aliphatic rings. The Labute approximate surface area is 69.9 Å². The van der Waals surface area contributed by atoms with Gasteiger partial charge in [0.15, 0.2) is 0 Å². The van der Waals surface area contributed by atoms with Crippen molar-refractivity contribution in [1.29, 1.82) is 0 Å². The lowest BCUT2D eigenvalue weighted by Gasteiger charge is -1.97. The SMILES string of the molecule is C1=Cc2c(ccc3[nH]cnc23)C1. The van der Waals surface area contributed by atoms with Gasteiger partial charge in [0.05, 0.1) is 17.4 Å². The van der Waals surface area contributed by atoms with Crippen LogP contribution in [0.5, 0.6) is 0 Å². The van der Waals surface area contributed by atoms with Gasteiger partial charge in [-0.15, -0.1) is 0 Å². The lowest BCUT2D eigenvalue weighted by atomic mass is 10.1. The molecule has 2 heteroatoms. The van der Waals surface area contributed by atoms with E-state index in [1.54, 1.807) is 6.33 Å². The van der Waals surface area contributed by atoms with E-state index in [2.05, 4.69) is 34.3 Å². The van der Waals surface area contributed by atoms with E-state index in [1.165, 1.54) is 11.1 Å². The van der Waals surface area contributed by atoms with Crippen molar-refractivity contribution in [3.63, 3.8) is 0 Å². The summed E-state index contributed by atoms with van der Waals surface area (Å²) >= 11 is 0. The van der Waals surface area contributed by atoms with Gasteiger partial charge in [0.25, 0.3) is 0 Å². The molecule has 0 atom stereocenters. The van der Waals surface area contributed by atoms with Gasteiger partial charge in [-0.25, -0.2) is 4.98 Å². The van der Waals surface area contributed by atoms with Crippen LogP contribution in [0.1, 0.15) is 11.1 Å². The minimum atomic E-state index is 1.05. The van der Waals surface area contributed by atoms with Crippen LogP contribution in [0.15, 0.2) is 24.5 Å². The average Bonchev–Trinajstić information content (AvgIpc) is 2.71. The molecule has 0 radical (unpaired) electrons. The summed E-state index contributed by atoms with van der Waals surface area (Å²) in [5.41, 5.74) is 4.89. The molecule has 0 saturated carbocycles. The lowest BCUT2D eigenvalue weighted by molar-refractivity contribution is 1.32. The number of nitrogens with zero attached hydrogens (tertiary/aromatic N) is 1. The molecule has 0 unspecified atom stereocenters. The number of rotatable bonds is 0. The third-order valence-corrected chi connectivity index (χ3v) is 2.34. The van der Waals surface area contributed by atoms with Crippen molar-refractivity contribution in [3.8, 4) is 0 Å². The van der Waals surface area contributed by atoms with Crippen molar-refractivity contribution in [2.24, 2.45) is 0 Å². The van der Waals surface area contributed by atoms with Crippen LogP contribution in [0, 0.1) is 0 Å². The maximum atomic E-state index is 4.28. The van der Waals surface area contributed by atoms with Gasteiger partial charge in [-0.2, -0.15) is 0 Å². The number of imidazole rings is 1. The van der Waals surface area contributed by atoms with Crippen LogP contribution < -0.4 is 0 Å². The third kappa shape index (κ3) is 0.619. The summed E-state index contributed by atoms with van der Waals surface area (Å²) in [7, 11) is 0. The number of benzene rings is 1. The average molecular weight is 156 g/mol. The number of allylic oxidation sites excluding steroid dienone is 1. The van der Waals surface area contributed by atoms with Gasteiger partial charge < -0.3 is 4.98 Å². The first-order valence-electron chi connectivity index (χ1n) is 4.06. The largest absolute Gasteiger partial charge is 0.345 e.